The predicted molar refractivity (Wildman–Crippen MR) is 86.9 cm³/mol. The molecule has 1 aromatic heterocycles. The molecule has 0 fully saturated rings. The first-order valence-electron chi connectivity index (χ1n) is 7.24. The van der Waals surface area contributed by atoms with E-state index in [0.717, 1.165) is 22.9 Å². The molecule has 0 unspecified atom stereocenters. The van der Waals surface area contributed by atoms with Crippen molar-refractivity contribution in [2.75, 3.05) is 0 Å². The summed E-state index contributed by atoms with van der Waals surface area (Å²) in [6.45, 7) is 0. The van der Waals surface area contributed by atoms with Crippen LogP contribution in [-0.4, -0.2) is 22.1 Å². The highest BCUT2D eigenvalue weighted by molar-refractivity contribution is 5.85. The Morgan fingerprint density at radius 3 is 2.64 bits per heavy atom. The lowest BCUT2D eigenvalue weighted by molar-refractivity contribution is -0.138. The molecule has 112 valence electrons. The number of hydrogen-bond acceptors (Lipinski definition) is 2. The lowest BCUT2D eigenvalue weighted by atomic mass is 10.0. The van der Waals surface area contributed by atoms with Gasteiger partial charge < -0.3 is 15.8 Å². The Hall–Kier alpha value is -2.59. The van der Waals surface area contributed by atoms with Crippen LogP contribution in [0.5, 0.6) is 0 Å². The quantitative estimate of drug-likeness (QED) is 0.677. The van der Waals surface area contributed by atoms with Crippen molar-refractivity contribution >= 4 is 16.9 Å². The summed E-state index contributed by atoms with van der Waals surface area (Å²) in [4.78, 5) is 14.1. The maximum Gasteiger partial charge on any atom is 0.320 e. The molecule has 2 aromatic carbocycles. The van der Waals surface area contributed by atoms with Gasteiger partial charge in [0.1, 0.15) is 6.04 Å². The number of rotatable bonds is 5. The third-order valence-electron chi connectivity index (χ3n) is 3.84. The van der Waals surface area contributed by atoms with E-state index < -0.39 is 12.0 Å². The van der Waals surface area contributed by atoms with Crippen LogP contribution in [0.2, 0.25) is 0 Å². The normalized spacial score (nSPS) is 12.4. The molecule has 0 bridgehead atoms. The standard InChI is InChI=1S/C18H18N2O2/c19-16(18(21)22)10-14-11-20-17-9-13(6-7-15(14)17)8-12-4-2-1-3-5-12/h1-7,9,11,16,20H,8,10,19H2,(H,21,22)/t16-/m0/s1. The van der Waals surface area contributed by atoms with Crippen molar-refractivity contribution in [2.45, 2.75) is 18.9 Å². The highest BCUT2D eigenvalue weighted by atomic mass is 16.4. The van der Waals surface area contributed by atoms with Crippen LogP contribution < -0.4 is 5.73 Å². The van der Waals surface area contributed by atoms with Crippen molar-refractivity contribution in [2.24, 2.45) is 5.73 Å². The van der Waals surface area contributed by atoms with Gasteiger partial charge in [-0.15, -0.1) is 0 Å². The maximum absolute atomic E-state index is 10.9. The molecule has 0 amide bonds. The Balaban J connectivity index is 1.84. The van der Waals surface area contributed by atoms with Crippen LogP contribution in [0.25, 0.3) is 10.9 Å². The molecule has 4 N–H and O–H groups in total. The SMILES string of the molecule is N[C@@H](Cc1c[nH]c2cc(Cc3ccccc3)ccc12)C(=O)O. The summed E-state index contributed by atoms with van der Waals surface area (Å²) < 4.78 is 0. The van der Waals surface area contributed by atoms with Crippen molar-refractivity contribution in [3.63, 3.8) is 0 Å². The monoisotopic (exact) mass is 294 g/mol. The van der Waals surface area contributed by atoms with Crippen LogP contribution in [0.3, 0.4) is 0 Å². The number of aromatic amines is 1. The number of carbonyl (C=O) groups is 1. The highest BCUT2D eigenvalue weighted by Gasteiger charge is 2.14. The van der Waals surface area contributed by atoms with Gasteiger partial charge in [0.05, 0.1) is 0 Å². The van der Waals surface area contributed by atoms with Crippen LogP contribution in [0.4, 0.5) is 0 Å². The first kappa shape index (κ1) is 14.4. The Morgan fingerprint density at radius 2 is 1.91 bits per heavy atom. The second kappa shape index (κ2) is 6.03. The molecule has 0 aliphatic carbocycles. The first-order chi connectivity index (χ1) is 10.6. The number of fused-ring (bicyclic) bond motifs is 1. The average molecular weight is 294 g/mol. The molecule has 0 radical (unpaired) electrons. The van der Waals surface area contributed by atoms with E-state index >= 15 is 0 Å². The molecular formula is C18H18N2O2. The predicted octanol–water partition coefficient (Wildman–Crippen LogP) is 2.71. The van der Waals surface area contributed by atoms with Crippen LogP contribution in [0, 0.1) is 0 Å². The number of benzene rings is 2. The van der Waals surface area contributed by atoms with E-state index in [-0.39, 0.29) is 0 Å². The highest BCUT2D eigenvalue weighted by Crippen LogP contribution is 2.22. The number of aliphatic carboxylic acids is 1. The van der Waals surface area contributed by atoms with Gasteiger partial charge in [0.25, 0.3) is 0 Å². The molecule has 1 heterocycles. The van der Waals surface area contributed by atoms with E-state index in [1.54, 1.807) is 0 Å². The number of hydrogen-bond donors (Lipinski definition) is 3. The van der Waals surface area contributed by atoms with Gasteiger partial charge in [0, 0.05) is 23.5 Å². The number of H-pyrrole nitrogens is 1. The van der Waals surface area contributed by atoms with Crippen molar-refractivity contribution in [1.29, 1.82) is 0 Å². The minimum absolute atomic E-state index is 0.327. The lowest BCUT2D eigenvalue weighted by Crippen LogP contribution is -2.32. The summed E-state index contributed by atoms with van der Waals surface area (Å²) in [7, 11) is 0. The van der Waals surface area contributed by atoms with Gasteiger partial charge in [-0.1, -0.05) is 42.5 Å². The molecule has 22 heavy (non-hydrogen) atoms. The van der Waals surface area contributed by atoms with Crippen molar-refractivity contribution < 1.29 is 9.90 Å². The molecule has 4 heteroatoms. The van der Waals surface area contributed by atoms with Gasteiger partial charge in [-0.2, -0.15) is 0 Å². The minimum Gasteiger partial charge on any atom is -0.480 e. The lowest BCUT2D eigenvalue weighted by Gasteiger charge is -2.06. The summed E-state index contributed by atoms with van der Waals surface area (Å²) in [5, 5.41) is 9.96. The van der Waals surface area contributed by atoms with Crippen molar-refractivity contribution in [3.8, 4) is 0 Å². The molecule has 0 saturated carbocycles. The third-order valence-corrected chi connectivity index (χ3v) is 3.84. The molecular weight excluding hydrogens is 276 g/mol. The van der Waals surface area contributed by atoms with Gasteiger partial charge >= 0.3 is 5.97 Å². The van der Waals surface area contributed by atoms with Crippen LogP contribution in [0.15, 0.2) is 54.7 Å². The second-order valence-electron chi connectivity index (χ2n) is 5.51. The topological polar surface area (TPSA) is 79.1 Å². The zero-order valence-corrected chi connectivity index (χ0v) is 12.1. The smallest absolute Gasteiger partial charge is 0.320 e. The molecule has 3 rings (SSSR count). The molecule has 0 aliphatic heterocycles. The molecule has 3 aromatic rings. The zero-order chi connectivity index (χ0) is 15.5. The maximum atomic E-state index is 10.9. The Morgan fingerprint density at radius 1 is 1.14 bits per heavy atom. The first-order valence-corrected chi connectivity index (χ1v) is 7.24. The third kappa shape index (κ3) is 3.02. The fourth-order valence-electron chi connectivity index (χ4n) is 2.67. The fraction of sp³-hybridized carbons (Fsp3) is 0.167. The molecule has 0 spiro atoms. The van der Waals surface area contributed by atoms with Gasteiger partial charge in [-0.25, -0.2) is 0 Å². The van der Waals surface area contributed by atoms with E-state index in [0.29, 0.717) is 6.42 Å². The fourth-order valence-corrected chi connectivity index (χ4v) is 2.67. The average Bonchev–Trinajstić information content (AvgIpc) is 2.90. The van der Waals surface area contributed by atoms with Crippen LogP contribution >= 0.6 is 0 Å². The summed E-state index contributed by atoms with van der Waals surface area (Å²) in [6, 6.07) is 15.7. The summed E-state index contributed by atoms with van der Waals surface area (Å²) >= 11 is 0. The minimum atomic E-state index is -0.977. The largest absolute Gasteiger partial charge is 0.480 e. The number of carboxylic acid groups (broad SMARTS) is 1. The summed E-state index contributed by atoms with van der Waals surface area (Å²) in [5.41, 5.74) is 10.1. The molecule has 0 aliphatic rings. The Labute approximate surface area is 128 Å². The second-order valence-corrected chi connectivity index (χ2v) is 5.51. The number of nitrogens with one attached hydrogen (secondary N) is 1. The van der Waals surface area contributed by atoms with E-state index in [4.69, 9.17) is 10.8 Å². The number of nitrogens with two attached hydrogens (primary N) is 1. The van der Waals surface area contributed by atoms with Gasteiger partial charge in [-0.3, -0.25) is 4.79 Å². The Bertz CT molecular complexity index is 793. The van der Waals surface area contributed by atoms with Gasteiger partial charge in [0.2, 0.25) is 0 Å². The Kier molecular flexibility index (Phi) is 3.94. The summed E-state index contributed by atoms with van der Waals surface area (Å²) in [5.74, 6) is -0.977. The van der Waals surface area contributed by atoms with Crippen molar-refractivity contribution in [1.82, 2.24) is 4.98 Å². The number of aromatic nitrogens is 1. The summed E-state index contributed by atoms with van der Waals surface area (Å²) in [6.07, 6.45) is 3.05. The molecule has 4 nitrogen and oxygen atoms in total. The van der Waals surface area contributed by atoms with Gasteiger partial charge in [-0.05, 0) is 29.2 Å². The van der Waals surface area contributed by atoms with Crippen LogP contribution in [0.1, 0.15) is 16.7 Å². The zero-order valence-electron chi connectivity index (χ0n) is 12.1. The van der Waals surface area contributed by atoms with E-state index in [1.165, 1.54) is 11.1 Å². The van der Waals surface area contributed by atoms with E-state index in [1.807, 2.05) is 30.5 Å². The van der Waals surface area contributed by atoms with E-state index in [2.05, 4.69) is 29.2 Å². The number of carboxylic acids is 1. The molecule has 0 saturated heterocycles. The van der Waals surface area contributed by atoms with Crippen LogP contribution in [-0.2, 0) is 17.6 Å². The van der Waals surface area contributed by atoms with Gasteiger partial charge in [0.15, 0.2) is 0 Å². The van der Waals surface area contributed by atoms with Crippen molar-refractivity contribution in [3.05, 3.63) is 71.4 Å². The van der Waals surface area contributed by atoms with E-state index in [9.17, 15) is 4.79 Å². The molecule has 1 atom stereocenters.